The number of carbonyl (C=O) groups is 1. The quantitative estimate of drug-likeness (QED) is 0.604. The number of ether oxygens (including phenoxy) is 1. The summed E-state index contributed by atoms with van der Waals surface area (Å²) in [5, 5.41) is 0. The van der Waals surface area contributed by atoms with Gasteiger partial charge in [0.2, 0.25) is 0 Å². The van der Waals surface area contributed by atoms with Gasteiger partial charge in [0.1, 0.15) is 12.4 Å². The molecule has 0 atom stereocenters. The van der Waals surface area contributed by atoms with Crippen LogP contribution in [0.1, 0.15) is 15.9 Å². The number of benzene rings is 2. The largest absolute Gasteiger partial charge is 0.497 e. The number of ketones is 1. The Morgan fingerprint density at radius 3 is 2.41 bits per heavy atom. The molecule has 0 aliphatic rings. The maximum Gasteiger partial charge on any atom is 0.297 e. The van der Waals surface area contributed by atoms with Crippen molar-refractivity contribution >= 4 is 15.9 Å². The van der Waals surface area contributed by atoms with Crippen molar-refractivity contribution in [3.05, 3.63) is 59.7 Å². The fourth-order valence-electron chi connectivity index (χ4n) is 1.78. The minimum absolute atomic E-state index is 0.0246. The molecule has 0 aliphatic heterocycles. The lowest BCUT2D eigenvalue weighted by atomic mass is 10.1. The summed E-state index contributed by atoms with van der Waals surface area (Å²) in [6.45, 7) is 1.30. The molecular formula is C16H16O5S. The van der Waals surface area contributed by atoms with E-state index in [4.69, 9.17) is 8.92 Å². The van der Waals surface area contributed by atoms with Crippen molar-refractivity contribution < 1.29 is 22.1 Å². The lowest BCUT2D eigenvalue weighted by Crippen LogP contribution is -2.14. The van der Waals surface area contributed by atoms with Gasteiger partial charge < -0.3 is 4.74 Å². The van der Waals surface area contributed by atoms with Crippen molar-refractivity contribution in [1.29, 1.82) is 0 Å². The summed E-state index contributed by atoms with van der Waals surface area (Å²) in [7, 11) is -2.46. The first-order valence-electron chi connectivity index (χ1n) is 6.56. The predicted octanol–water partition coefficient (Wildman–Crippen LogP) is 2.59. The second-order valence-electron chi connectivity index (χ2n) is 4.68. The van der Waals surface area contributed by atoms with Crippen LogP contribution in [0.2, 0.25) is 0 Å². The van der Waals surface area contributed by atoms with E-state index in [0.717, 1.165) is 5.56 Å². The summed E-state index contributed by atoms with van der Waals surface area (Å²) in [4.78, 5) is 12.0. The second kappa shape index (κ2) is 6.72. The Balaban J connectivity index is 2.08. The van der Waals surface area contributed by atoms with E-state index < -0.39 is 22.5 Å². The molecule has 0 fully saturated rings. The lowest BCUT2D eigenvalue weighted by molar-refractivity contribution is 0.0924. The highest BCUT2D eigenvalue weighted by atomic mass is 32.2. The molecule has 0 saturated heterocycles. The minimum Gasteiger partial charge on any atom is -0.497 e. The molecule has 5 nitrogen and oxygen atoms in total. The van der Waals surface area contributed by atoms with Gasteiger partial charge in [-0.1, -0.05) is 29.8 Å². The van der Waals surface area contributed by atoms with Gasteiger partial charge in [-0.3, -0.25) is 8.98 Å². The van der Waals surface area contributed by atoms with Crippen LogP contribution in [-0.4, -0.2) is 27.9 Å². The van der Waals surface area contributed by atoms with Crippen molar-refractivity contribution in [3.8, 4) is 5.75 Å². The highest BCUT2D eigenvalue weighted by Crippen LogP contribution is 2.16. The molecule has 0 N–H and O–H groups in total. The van der Waals surface area contributed by atoms with Gasteiger partial charge in [-0.25, -0.2) is 0 Å². The van der Waals surface area contributed by atoms with Crippen LogP contribution in [-0.2, 0) is 14.3 Å². The van der Waals surface area contributed by atoms with Crippen LogP contribution in [0, 0.1) is 6.92 Å². The fourth-order valence-corrected chi connectivity index (χ4v) is 2.65. The summed E-state index contributed by atoms with van der Waals surface area (Å²) in [6.07, 6.45) is 0. The van der Waals surface area contributed by atoms with E-state index in [0.29, 0.717) is 11.3 Å². The van der Waals surface area contributed by atoms with Crippen LogP contribution in [0.4, 0.5) is 0 Å². The molecule has 0 bridgehead atoms. The van der Waals surface area contributed by atoms with Gasteiger partial charge >= 0.3 is 0 Å². The maximum absolute atomic E-state index is 12.0. The number of Topliss-reactive ketones (excluding diaryl/α,β-unsaturated/α-hetero) is 1. The average Bonchev–Trinajstić information content (AvgIpc) is 2.53. The molecule has 2 rings (SSSR count). The number of rotatable bonds is 6. The van der Waals surface area contributed by atoms with Gasteiger partial charge in [0, 0.05) is 5.56 Å². The molecule has 0 unspecified atom stereocenters. The van der Waals surface area contributed by atoms with Crippen LogP contribution in [0.5, 0.6) is 5.75 Å². The van der Waals surface area contributed by atoms with E-state index in [1.165, 1.54) is 25.3 Å². The molecule has 0 aromatic heterocycles. The Hall–Kier alpha value is -2.18. The molecular weight excluding hydrogens is 304 g/mol. The molecule has 0 heterocycles. The van der Waals surface area contributed by atoms with Crippen molar-refractivity contribution in [3.63, 3.8) is 0 Å². The standard InChI is InChI=1S/C16H16O5S/c1-12-6-8-15(9-7-12)22(18,19)21-11-16(17)13-4-3-5-14(10-13)20-2/h3-10H,11H2,1-2H3. The summed E-state index contributed by atoms with van der Waals surface area (Å²) >= 11 is 0. The minimum atomic E-state index is -3.95. The van der Waals surface area contributed by atoms with Gasteiger partial charge in [-0.15, -0.1) is 0 Å². The third kappa shape index (κ3) is 3.93. The average molecular weight is 320 g/mol. The number of hydrogen-bond donors (Lipinski definition) is 0. The number of methoxy groups -OCH3 is 1. The van der Waals surface area contributed by atoms with Crippen molar-refractivity contribution in [2.24, 2.45) is 0 Å². The van der Waals surface area contributed by atoms with Gasteiger partial charge in [-0.2, -0.15) is 8.42 Å². The van der Waals surface area contributed by atoms with Crippen LogP contribution in [0.15, 0.2) is 53.4 Å². The van der Waals surface area contributed by atoms with Crippen LogP contribution >= 0.6 is 0 Å². The summed E-state index contributed by atoms with van der Waals surface area (Å²) in [6, 6.07) is 12.7. The van der Waals surface area contributed by atoms with E-state index in [9.17, 15) is 13.2 Å². The highest BCUT2D eigenvalue weighted by molar-refractivity contribution is 7.86. The van der Waals surface area contributed by atoms with Crippen molar-refractivity contribution in [2.45, 2.75) is 11.8 Å². The Kier molecular flexibility index (Phi) is 4.95. The van der Waals surface area contributed by atoms with Crippen LogP contribution < -0.4 is 4.74 Å². The topological polar surface area (TPSA) is 69.7 Å². The Morgan fingerprint density at radius 1 is 1.09 bits per heavy atom. The Bertz CT molecular complexity index is 763. The van der Waals surface area contributed by atoms with Crippen molar-refractivity contribution in [2.75, 3.05) is 13.7 Å². The monoisotopic (exact) mass is 320 g/mol. The first-order chi connectivity index (χ1) is 10.4. The van der Waals surface area contributed by atoms with E-state index in [-0.39, 0.29) is 4.90 Å². The van der Waals surface area contributed by atoms with E-state index in [1.54, 1.807) is 30.3 Å². The first kappa shape index (κ1) is 16.2. The van der Waals surface area contributed by atoms with E-state index in [1.807, 2.05) is 6.92 Å². The summed E-state index contributed by atoms with van der Waals surface area (Å²) in [5.74, 6) is 0.0850. The molecule has 22 heavy (non-hydrogen) atoms. The SMILES string of the molecule is COc1cccc(C(=O)COS(=O)(=O)c2ccc(C)cc2)c1. The number of hydrogen-bond acceptors (Lipinski definition) is 5. The molecule has 2 aromatic carbocycles. The Labute approximate surface area is 129 Å². The van der Waals surface area contributed by atoms with E-state index >= 15 is 0 Å². The predicted molar refractivity (Wildman–Crippen MR) is 81.6 cm³/mol. The molecule has 0 spiro atoms. The zero-order valence-corrected chi connectivity index (χ0v) is 13.1. The van der Waals surface area contributed by atoms with Gasteiger partial charge in [0.15, 0.2) is 5.78 Å². The number of carbonyl (C=O) groups excluding carboxylic acids is 1. The first-order valence-corrected chi connectivity index (χ1v) is 7.96. The van der Waals surface area contributed by atoms with E-state index in [2.05, 4.69) is 0 Å². The molecule has 0 radical (unpaired) electrons. The molecule has 0 saturated carbocycles. The Morgan fingerprint density at radius 2 is 1.77 bits per heavy atom. The number of aryl methyl sites for hydroxylation is 1. The van der Waals surface area contributed by atoms with Gasteiger partial charge in [-0.05, 0) is 31.2 Å². The van der Waals surface area contributed by atoms with Crippen LogP contribution in [0.3, 0.4) is 0 Å². The van der Waals surface area contributed by atoms with Gasteiger partial charge in [0.05, 0.1) is 12.0 Å². The smallest absolute Gasteiger partial charge is 0.297 e. The normalized spacial score (nSPS) is 11.2. The summed E-state index contributed by atoms with van der Waals surface area (Å²) in [5.41, 5.74) is 1.27. The lowest BCUT2D eigenvalue weighted by Gasteiger charge is -2.06. The zero-order valence-electron chi connectivity index (χ0n) is 12.3. The molecule has 2 aromatic rings. The molecule has 0 aliphatic carbocycles. The summed E-state index contributed by atoms with van der Waals surface area (Å²) < 4.78 is 33.9. The third-order valence-corrected chi connectivity index (χ3v) is 4.32. The zero-order chi connectivity index (χ0) is 16.2. The van der Waals surface area contributed by atoms with Gasteiger partial charge in [0.25, 0.3) is 10.1 Å². The third-order valence-electron chi connectivity index (χ3n) is 3.05. The maximum atomic E-state index is 12.0. The highest BCUT2D eigenvalue weighted by Gasteiger charge is 2.18. The van der Waals surface area contributed by atoms with Crippen LogP contribution in [0.25, 0.3) is 0 Å². The molecule has 6 heteroatoms. The fraction of sp³-hybridized carbons (Fsp3) is 0.188. The molecule has 0 amide bonds. The molecule has 116 valence electrons. The second-order valence-corrected chi connectivity index (χ2v) is 6.30. The van der Waals surface area contributed by atoms with Crippen molar-refractivity contribution in [1.82, 2.24) is 0 Å².